The molecule has 3 rings (SSSR count). The van der Waals surface area contributed by atoms with Crippen LogP contribution in [0, 0.1) is 32.3 Å². The zero-order valence-corrected chi connectivity index (χ0v) is 19.6. The van der Waals surface area contributed by atoms with Crippen molar-refractivity contribution in [1.29, 1.82) is 0 Å². The number of ether oxygens (including phenoxy) is 1. The maximum absolute atomic E-state index is 14.4. The van der Waals surface area contributed by atoms with E-state index in [-0.39, 0.29) is 24.4 Å². The van der Waals surface area contributed by atoms with E-state index in [0.29, 0.717) is 16.1 Å². The monoisotopic (exact) mass is 572 g/mol. The van der Waals surface area contributed by atoms with Crippen LogP contribution in [-0.2, 0) is 4.74 Å². The van der Waals surface area contributed by atoms with Crippen molar-refractivity contribution in [2.24, 2.45) is 5.41 Å². The lowest BCUT2D eigenvalue weighted by Crippen LogP contribution is -2.28. The van der Waals surface area contributed by atoms with Gasteiger partial charge >= 0.3 is 0 Å². The van der Waals surface area contributed by atoms with Gasteiger partial charge in [-0.05, 0) is 60.1 Å². The van der Waals surface area contributed by atoms with Crippen LogP contribution in [0.4, 0.5) is 34.6 Å². The van der Waals surface area contributed by atoms with Crippen molar-refractivity contribution < 1.29 is 32.5 Å². The van der Waals surface area contributed by atoms with Crippen LogP contribution in [0.1, 0.15) is 19.3 Å². The van der Waals surface area contributed by atoms with Crippen LogP contribution >= 0.6 is 31.8 Å². The topological polar surface area (TPSA) is 73.8 Å². The first kappa shape index (κ1) is 24.4. The van der Waals surface area contributed by atoms with Crippen molar-refractivity contribution >= 4 is 48.9 Å². The van der Waals surface area contributed by atoms with Gasteiger partial charge in [0.1, 0.15) is 18.2 Å². The molecule has 2 aromatic carbocycles. The van der Waals surface area contributed by atoms with Crippen LogP contribution in [-0.4, -0.2) is 35.5 Å². The van der Waals surface area contributed by atoms with E-state index < -0.39 is 46.6 Å². The van der Waals surface area contributed by atoms with Gasteiger partial charge in [-0.3, -0.25) is 0 Å². The molecule has 0 saturated heterocycles. The lowest BCUT2D eigenvalue weighted by Gasteiger charge is -2.26. The fourth-order valence-electron chi connectivity index (χ4n) is 3.29. The number of aliphatic hydroxyl groups excluding tert-OH is 2. The summed E-state index contributed by atoms with van der Waals surface area (Å²) in [6.45, 7) is -0.613. The fraction of sp³-hybridized carbons (Fsp3) is 0.400. The molecule has 1 aliphatic carbocycles. The lowest BCUT2D eigenvalue weighted by atomic mass is 9.99. The van der Waals surface area contributed by atoms with Crippen LogP contribution in [0.3, 0.4) is 0 Å². The van der Waals surface area contributed by atoms with Gasteiger partial charge in [0.2, 0.25) is 0 Å². The number of benzene rings is 2. The number of aliphatic hydroxyl groups is 2. The van der Waals surface area contributed by atoms with Crippen molar-refractivity contribution in [1.82, 2.24) is 0 Å². The van der Waals surface area contributed by atoms with Gasteiger partial charge in [-0.1, -0.05) is 0 Å². The number of halogens is 5. The number of hydrogen-bond acceptors (Lipinski definition) is 5. The van der Waals surface area contributed by atoms with Gasteiger partial charge in [0.05, 0.1) is 29.9 Å². The summed E-state index contributed by atoms with van der Waals surface area (Å²) in [5.41, 5.74) is -1.47. The first-order chi connectivity index (χ1) is 14.7. The molecule has 0 bridgehead atoms. The van der Waals surface area contributed by atoms with E-state index in [1.165, 1.54) is 12.1 Å². The number of nitrogens with one attached hydrogen (secondary N) is 2. The first-order valence-electron chi connectivity index (χ1n) is 9.46. The van der Waals surface area contributed by atoms with Crippen LogP contribution in [0.15, 0.2) is 24.3 Å². The molecule has 1 fully saturated rings. The summed E-state index contributed by atoms with van der Waals surface area (Å²) in [6, 6.07) is 4.49. The largest absolute Gasteiger partial charge is 0.394 e. The summed E-state index contributed by atoms with van der Waals surface area (Å²) < 4.78 is 63.1. The standard InChI is InChI=1S/C20H22F4IN2O3P/c21-12-5-10(25)1-2-15(12)27-18-16(24)13(22)6-14(23)17(18)26-9-30-19(31)20(3-4-20)7-11(29)8-28/h1-2,5-6,11,19,26-29H,3-4,7-9,31H2. The van der Waals surface area contributed by atoms with E-state index in [1.54, 1.807) is 6.07 Å². The Labute approximate surface area is 192 Å². The average Bonchev–Trinajstić information content (AvgIpc) is 3.50. The summed E-state index contributed by atoms with van der Waals surface area (Å²) in [5, 5.41) is 23.7. The summed E-state index contributed by atoms with van der Waals surface area (Å²) in [7, 11) is 2.50. The third kappa shape index (κ3) is 5.78. The highest BCUT2D eigenvalue weighted by atomic mass is 127. The molecule has 170 valence electrons. The summed E-state index contributed by atoms with van der Waals surface area (Å²) in [4.78, 5) is 0. The molecule has 3 atom stereocenters. The predicted octanol–water partition coefficient (Wildman–Crippen LogP) is 4.70. The Kier molecular flexibility index (Phi) is 8.01. The summed E-state index contributed by atoms with van der Waals surface area (Å²) >= 11 is 1.90. The Hall–Kier alpha value is -1.20. The van der Waals surface area contributed by atoms with E-state index in [4.69, 9.17) is 9.84 Å². The highest BCUT2D eigenvalue weighted by Gasteiger charge is 2.49. The third-order valence-electron chi connectivity index (χ3n) is 5.22. The molecule has 1 saturated carbocycles. The Morgan fingerprint density at radius 2 is 1.81 bits per heavy atom. The van der Waals surface area contributed by atoms with E-state index in [9.17, 15) is 22.7 Å². The minimum absolute atomic E-state index is 0.146. The number of hydrogen-bond donors (Lipinski definition) is 4. The lowest BCUT2D eigenvalue weighted by molar-refractivity contribution is 0.0239. The second-order valence-corrected chi connectivity index (χ2v) is 9.32. The second-order valence-electron chi connectivity index (χ2n) is 7.46. The molecule has 5 nitrogen and oxygen atoms in total. The van der Waals surface area contributed by atoms with E-state index in [0.717, 1.165) is 12.8 Å². The van der Waals surface area contributed by atoms with Gasteiger partial charge < -0.3 is 25.6 Å². The Morgan fingerprint density at radius 1 is 1.10 bits per heavy atom. The molecule has 0 amide bonds. The summed E-state index contributed by atoms with van der Waals surface area (Å²) in [6.07, 6.45) is 1.05. The maximum Gasteiger partial charge on any atom is 0.184 e. The highest BCUT2D eigenvalue weighted by Crippen LogP contribution is 2.55. The molecule has 0 heterocycles. The molecule has 0 spiro atoms. The first-order valence-corrected chi connectivity index (χ1v) is 11.2. The van der Waals surface area contributed by atoms with E-state index in [2.05, 4.69) is 19.9 Å². The van der Waals surface area contributed by atoms with Crippen LogP contribution in [0.5, 0.6) is 0 Å². The van der Waals surface area contributed by atoms with Crippen LogP contribution in [0.25, 0.3) is 0 Å². The minimum Gasteiger partial charge on any atom is -0.394 e. The minimum atomic E-state index is -1.42. The van der Waals surface area contributed by atoms with E-state index >= 15 is 0 Å². The molecule has 0 radical (unpaired) electrons. The molecule has 11 heteroatoms. The predicted molar refractivity (Wildman–Crippen MR) is 121 cm³/mol. The molecule has 2 aromatic rings. The molecular formula is C20H22F4IN2O3P. The fourth-order valence-corrected chi connectivity index (χ4v) is 4.31. The van der Waals surface area contributed by atoms with Gasteiger partial charge in [0, 0.05) is 15.1 Å². The normalized spacial score (nSPS) is 16.6. The summed E-state index contributed by atoms with van der Waals surface area (Å²) in [5.74, 6) is -4.99. The molecule has 0 aromatic heterocycles. The van der Waals surface area contributed by atoms with Crippen molar-refractivity contribution in [3.63, 3.8) is 0 Å². The Morgan fingerprint density at radius 3 is 2.42 bits per heavy atom. The third-order valence-corrected chi connectivity index (χ3v) is 6.79. The van der Waals surface area contributed by atoms with E-state index in [1.807, 2.05) is 22.6 Å². The van der Waals surface area contributed by atoms with Crippen molar-refractivity contribution in [2.45, 2.75) is 31.2 Å². The molecule has 1 aliphatic rings. The quantitative estimate of drug-likeness (QED) is 0.109. The molecule has 3 unspecified atom stereocenters. The van der Waals surface area contributed by atoms with Crippen LogP contribution in [0.2, 0.25) is 0 Å². The van der Waals surface area contributed by atoms with Gasteiger partial charge in [-0.25, -0.2) is 17.6 Å². The number of anilines is 3. The zero-order valence-electron chi connectivity index (χ0n) is 16.3. The van der Waals surface area contributed by atoms with Crippen molar-refractivity contribution in [2.75, 3.05) is 24.0 Å². The van der Waals surface area contributed by atoms with Crippen molar-refractivity contribution in [3.8, 4) is 0 Å². The molecular weight excluding hydrogens is 550 g/mol. The second kappa shape index (κ2) is 10.2. The SMILES string of the molecule is OCC(O)CC1(C(P)OCNc2c(F)cc(F)c(F)c2Nc2ccc(I)cc2F)CC1. The van der Waals surface area contributed by atoms with Crippen molar-refractivity contribution in [3.05, 3.63) is 51.1 Å². The molecule has 4 N–H and O–H groups in total. The van der Waals surface area contributed by atoms with Gasteiger partial charge in [0.15, 0.2) is 17.5 Å². The van der Waals surface area contributed by atoms with Crippen LogP contribution < -0.4 is 10.6 Å². The van der Waals surface area contributed by atoms with Gasteiger partial charge in [-0.15, -0.1) is 9.24 Å². The average molecular weight is 572 g/mol. The highest BCUT2D eigenvalue weighted by molar-refractivity contribution is 14.1. The number of rotatable bonds is 10. The Balaban J connectivity index is 1.74. The molecule has 0 aliphatic heterocycles. The van der Waals surface area contributed by atoms with Gasteiger partial charge in [0.25, 0.3) is 0 Å². The molecule has 31 heavy (non-hydrogen) atoms. The smallest absolute Gasteiger partial charge is 0.184 e. The Bertz CT molecular complexity index is 949. The maximum atomic E-state index is 14.4. The zero-order chi connectivity index (χ0) is 22.8. The van der Waals surface area contributed by atoms with Gasteiger partial charge in [-0.2, -0.15) is 0 Å².